The summed E-state index contributed by atoms with van der Waals surface area (Å²) in [6.45, 7) is 1.91. The van der Waals surface area contributed by atoms with Crippen molar-refractivity contribution < 1.29 is 4.79 Å². The smallest absolute Gasteiger partial charge is 0.248 e. The number of nitrogen functional groups attached to an aromatic ring is 1. The van der Waals surface area contributed by atoms with Crippen LogP contribution in [0.5, 0.6) is 0 Å². The van der Waals surface area contributed by atoms with Crippen molar-refractivity contribution in [2.75, 3.05) is 11.1 Å². The first-order valence-corrected chi connectivity index (χ1v) is 5.45. The zero-order chi connectivity index (χ0) is 13.1. The van der Waals surface area contributed by atoms with Crippen LogP contribution in [0.25, 0.3) is 0 Å². The molecule has 5 nitrogen and oxygen atoms in total. The van der Waals surface area contributed by atoms with Crippen LogP contribution in [-0.4, -0.2) is 10.9 Å². The van der Waals surface area contributed by atoms with Gasteiger partial charge >= 0.3 is 0 Å². The van der Waals surface area contributed by atoms with Gasteiger partial charge in [-0.2, -0.15) is 0 Å². The topological polar surface area (TPSA) is 94.0 Å². The number of pyridine rings is 1. The Morgan fingerprint density at radius 3 is 2.67 bits per heavy atom. The number of primary amides is 1. The van der Waals surface area contributed by atoms with Crippen LogP contribution < -0.4 is 16.8 Å². The fraction of sp³-hybridized carbons (Fsp3) is 0.0769. The number of carbonyl (C=O) groups is 1. The van der Waals surface area contributed by atoms with Gasteiger partial charge in [0.15, 0.2) is 0 Å². The molecule has 2 rings (SSSR count). The largest absolute Gasteiger partial charge is 0.397 e. The number of benzene rings is 1. The average Bonchev–Trinajstić information content (AvgIpc) is 2.34. The van der Waals surface area contributed by atoms with Gasteiger partial charge in [-0.1, -0.05) is 0 Å². The van der Waals surface area contributed by atoms with Crippen LogP contribution in [0.2, 0.25) is 0 Å². The van der Waals surface area contributed by atoms with E-state index in [-0.39, 0.29) is 0 Å². The summed E-state index contributed by atoms with van der Waals surface area (Å²) in [5.74, 6) is -0.486. The number of anilines is 3. The van der Waals surface area contributed by atoms with Crippen molar-refractivity contribution in [2.45, 2.75) is 6.92 Å². The number of amides is 1. The maximum absolute atomic E-state index is 11.1. The highest BCUT2D eigenvalue weighted by Gasteiger charge is 2.05. The van der Waals surface area contributed by atoms with Crippen molar-refractivity contribution in [1.82, 2.24) is 4.98 Å². The lowest BCUT2D eigenvalue weighted by Gasteiger charge is -2.10. The van der Waals surface area contributed by atoms with E-state index in [0.29, 0.717) is 16.9 Å². The molecule has 0 saturated carbocycles. The molecule has 0 bridgehead atoms. The number of hydrogen-bond acceptors (Lipinski definition) is 4. The minimum absolute atomic E-state index is 0.409. The lowest BCUT2D eigenvalue weighted by Crippen LogP contribution is -2.11. The number of aryl methyl sites for hydroxylation is 1. The van der Waals surface area contributed by atoms with Crippen LogP contribution in [0.3, 0.4) is 0 Å². The first kappa shape index (κ1) is 11.9. The van der Waals surface area contributed by atoms with Crippen LogP contribution >= 0.6 is 0 Å². The number of nitrogens with zero attached hydrogens (tertiary/aromatic N) is 1. The molecule has 2 aromatic rings. The van der Waals surface area contributed by atoms with Crippen molar-refractivity contribution in [1.29, 1.82) is 0 Å². The molecule has 0 aliphatic rings. The Hall–Kier alpha value is -2.56. The van der Waals surface area contributed by atoms with Crippen molar-refractivity contribution in [3.8, 4) is 0 Å². The second-order valence-electron chi connectivity index (χ2n) is 3.98. The lowest BCUT2D eigenvalue weighted by molar-refractivity contribution is 0.100. The van der Waals surface area contributed by atoms with Gasteiger partial charge in [0.2, 0.25) is 5.91 Å². The molecule has 5 N–H and O–H groups in total. The third-order valence-corrected chi connectivity index (χ3v) is 2.53. The Morgan fingerprint density at radius 1 is 1.28 bits per heavy atom. The minimum atomic E-state index is -0.486. The van der Waals surface area contributed by atoms with E-state index < -0.39 is 5.91 Å². The summed E-state index contributed by atoms with van der Waals surface area (Å²) >= 11 is 0. The third kappa shape index (κ3) is 2.57. The van der Waals surface area contributed by atoms with E-state index in [1.807, 2.05) is 19.1 Å². The molecule has 18 heavy (non-hydrogen) atoms. The van der Waals surface area contributed by atoms with E-state index in [2.05, 4.69) is 10.3 Å². The fourth-order valence-corrected chi connectivity index (χ4v) is 1.52. The number of aromatic nitrogens is 1. The molecule has 0 spiro atoms. The summed E-state index contributed by atoms with van der Waals surface area (Å²) in [4.78, 5) is 15.3. The maximum Gasteiger partial charge on any atom is 0.248 e. The predicted octanol–water partition coefficient (Wildman–Crippen LogP) is 1.81. The molecule has 92 valence electrons. The molecule has 1 aromatic heterocycles. The number of hydrogen-bond donors (Lipinski definition) is 3. The van der Waals surface area contributed by atoms with Gasteiger partial charge in [-0.05, 0) is 37.3 Å². The summed E-state index contributed by atoms with van der Waals surface area (Å²) < 4.78 is 0. The molecule has 0 fully saturated rings. The van der Waals surface area contributed by atoms with Crippen molar-refractivity contribution in [3.63, 3.8) is 0 Å². The van der Waals surface area contributed by atoms with Crippen LogP contribution in [0, 0.1) is 6.92 Å². The molecular weight excluding hydrogens is 228 g/mol. The minimum Gasteiger partial charge on any atom is -0.397 e. The molecular formula is C13H14N4O. The van der Waals surface area contributed by atoms with Crippen molar-refractivity contribution >= 4 is 23.0 Å². The molecule has 1 amide bonds. The molecule has 0 aliphatic carbocycles. The summed E-state index contributed by atoms with van der Waals surface area (Å²) in [5, 5.41) is 3.10. The lowest BCUT2D eigenvalue weighted by atomic mass is 10.1. The highest BCUT2D eigenvalue weighted by molar-refractivity contribution is 5.95. The highest BCUT2D eigenvalue weighted by atomic mass is 16.1. The van der Waals surface area contributed by atoms with E-state index in [9.17, 15) is 4.79 Å². The highest BCUT2D eigenvalue weighted by Crippen LogP contribution is 2.23. The SMILES string of the molecule is Cc1ccc(Nc2cc(C(N)=O)ccc2N)cn1. The van der Waals surface area contributed by atoms with E-state index in [1.165, 1.54) is 0 Å². The summed E-state index contributed by atoms with van der Waals surface area (Å²) in [6.07, 6.45) is 1.70. The number of nitrogens with two attached hydrogens (primary N) is 2. The van der Waals surface area contributed by atoms with Gasteiger partial charge in [0, 0.05) is 11.3 Å². The molecule has 0 unspecified atom stereocenters. The normalized spacial score (nSPS) is 10.1. The fourth-order valence-electron chi connectivity index (χ4n) is 1.52. The molecule has 0 saturated heterocycles. The Balaban J connectivity index is 2.30. The van der Waals surface area contributed by atoms with E-state index in [0.717, 1.165) is 11.4 Å². The van der Waals surface area contributed by atoms with E-state index in [4.69, 9.17) is 11.5 Å². The first-order valence-electron chi connectivity index (χ1n) is 5.45. The summed E-state index contributed by atoms with van der Waals surface area (Å²) in [6, 6.07) is 8.63. The zero-order valence-corrected chi connectivity index (χ0v) is 9.97. The Bertz CT molecular complexity index is 578. The number of nitrogens with one attached hydrogen (secondary N) is 1. The van der Waals surface area contributed by atoms with Crippen molar-refractivity contribution in [2.24, 2.45) is 5.73 Å². The van der Waals surface area contributed by atoms with Gasteiger partial charge in [0.25, 0.3) is 0 Å². The van der Waals surface area contributed by atoms with Gasteiger partial charge in [-0.15, -0.1) is 0 Å². The Labute approximate surface area is 105 Å². The van der Waals surface area contributed by atoms with Gasteiger partial charge < -0.3 is 16.8 Å². The molecule has 1 aromatic carbocycles. The van der Waals surface area contributed by atoms with Crippen LogP contribution in [0.1, 0.15) is 16.1 Å². The second kappa shape index (κ2) is 4.75. The number of rotatable bonds is 3. The first-order chi connectivity index (χ1) is 8.56. The van der Waals surface area contributed by atoms with Gasteiger partial charge in [0.1, 0.15) is 0 Å². The second-order valence-corrected chi connectivity index (χ2v) is 3.98. The van der Waals surface area contributed by atoms with E-state index >= 15 is 0 Å². The molecule has 0 radical (unpaired) electrons. The average molecular weight is 242 g/mol. The quantitative estimate of drug-likeness (QED) is 0.715. The monoisotopic (exact) mass is 242 g/mol. The van der Waals surface area contributed by atoms with Gasteiger partial charge in [-0.25, -0.2) is 0 Å². The molecule has 1 heterocycles. The molecule has 5 heteroatoms. The van der Waals surface area contributed by atoms with Gasteiger partial charge in [-0.3, -0.25) is 9.78 Å². The zero-order valence-electron chi connectivity index (χ0n) is 9.97. The third-order valence-electron chi connectivity index (χ3n) is 2.53. The predicted molar refractivity (Wildman–Crippen MR) is 71.6 cm³/mol. The van der Waals surface area contributed by atoms with Crippen LogP contribution in [0.15, 0.2) is 36.5 Å². The van der Waals surface area contributed by atoms with Crippen LogP contribution in [-0.2, 0) is 0 Å². The van der Waals surface area contributed by atoms with Crippen molar-refractivity contribution in [3.05, 3.63) is 47.8 Å². The maximum atomic E-state index is 11.1. The standard InChI is InChI=1S/C13H14N4O/c1-8-2-4-10(7-16-8)17-12-6-9(13(15)18)3-5-11(12)14/h2-7,17H,14H2,1H3,(H2,15,18). The number of carbonyl (C=O) groups excluding carboxylic acids is 1. The molecule has 0 atom stereocenters. The van der Waals surface area contributed by atoms with Crippen LogP contribution in [0.4, 0.5) is 17.1 Å². The Morgan fingerprint density at radius 2 is 2.06 bits per heavy atom. The summed E-state index contributed by atoms with van der Waals surface area (Å²) in [7, 11) is 0. The summed E-state index contributed by atoms with van der Waals surface area (Å²) in [5.41, 5.74) is 14.4. The Kier molecular flexibility index (Phi) is 3.14. The van der Waals surface area contributed by atoms with E-state index in [1.54, 1.807) is 24.4 Å². The molecule has 0 aliphatic heterocycles. The van der Waals surface area contributed by atoms with Gasteiger partial charge in [0.05, 0.1) is 23.3 Å².